The third-order valence-electron chi connectivity index (χ3n) is 6.33. The molecule has 0 radical (unpaired) electrons. The second-order valence-electron chi connectivity index (χ2n) is 9.15. The number of amides is 1. The minimum Gasteiger partial charge on any atom is -0.477 e. The Morgan fingerprint density at radius 1 is 1.26 bits per heavy atom. The van der Waals surface area contributed by atoms with Crippen LogP contribution >= 0.6 is 0 Å². The Morgan fingerprint density at radius 2 is 1.91 bits per heavy atom. The highest BCUT2D eigenvalue weighted by molar-refractivity contribution is 6.09. The average Bonchev–Trinajstić information content (AvgIpc) is 3.07. The molecule has 0 aliphatic carbocycles. The van der Waals surface area contributed by atoms with E-state index in [0.717, 1.165) is 0 Å². The van der Waals surface area contributed by atoms with E-state index in [-0.39, 0.29) is 23.5 Å². The van der Waals surface area contributed by atoms with Crippen LogP contribution in [0.3, 0.4) is 0 Å². The molecule has 2 aliphatic rings. The van der Waals surface area contributed by atoms with E-state index in [1.54, 1.807) is 11.9 Å². The first-order valence-electron chi connectivity index (χ1n) is 11.2. The molecule has 2 aliphatic heterocycles. The van der Waals surface area contributed by atoms with Crippen LogP contribution in [-0.2, 0) is 4.74 Å². The number of aromatic carboxylic acids is 1. The highest BCUT2D eigenvalue weighted by atomic mass is 19.1. The molecule has 3 heterocycles. The zero-order valence-electron chi connectivity index (χ0n) is 19.4. The number of halogens is 1. The predicted molar refractivity (Wildman–Crippen MR) is 126 cm³/mol. The van der Waals surface area contributed by atoms with E-state index in [2.05, 4.69) is 10.3 Å². The van der Waals surface area contributed by atoms with Gasteiger partial charge < -0.3 is 30.4 Å². The van der Waals surface area contributed by atoms with Gasteiger partial charge in [0.2, 0.25) is 0 Å². The Kier molecular flexibility index (Phi) is 6.16. The summed E-state index contributed by atoms with van der Waals surface area (Å²) in [5.74, 6) is -1.50. The molecule has 0 saturated carbocycles. The third kappa shape index (κ3) is 4.52. The summed E-state index contributed by atoms with van der Waals surface area (Å²) in [7, 11) is 1.71. The molecule has 0 unspecified atom stereocenters. The number of hydrogen-bond donors (Lipinski definition) is 3. The van der Waals surface area contributed by atoms with Crippen LogP contribution in [0.5, 0.6) is 0 Å². The fourth-order valence-corrected chi connectivity index (χ4v) is 4.41. The largest absolute Gasteiger partial charge is 0.477 e. The number of carbonyl (C=O) groups excluding carboxylic acids is 1. The normalized spacial score (nSPS) is 17.3. The monoisotopic (exact) mass is 469 g/mol. The number of anilines is 3. The Labute approximate surface area is 197 Å². The van der Waals surface area contributed by atoms with Crippen molar-refractivity contribution in [2.24, 2.45) is 5.92 Å². The Bertz CT molecular complexity index is 1130. The van der Waals surface area contributed by atoms with Gasteiger partial charge in [-0.15, -0.1) is 0 Å². The summed E-state index contributed by atoms with van der Waals surface area (Å²) >= 11 is 0. The first-order valence-corrected chi connectivity index (χ1v) is 11.2. The van der Waals surface area contributed by atoms with Gasteiger partial charge in [-0.1, -0.05) is 13.8 Å². The second kappa shape index (κ2) is 8.92. The summed E-state index contributed by atoms with van der Waals surface area (Å²) in [6, 6.07) is 7.14. The SMILES string of the molecule is CC(C)C(=N)c1c(N2CCC3(CC2)CN(C)C(=O)O3)cc(C(=O)O)nc1Nc1ccc(F)cc1. The molecule has 4 rings (SSSR count). The van der Waals surface area contributed by atoms with Crippen LogP contribution in [0, 0.1) is 17.1 Å². The zero-order chi connectivity index (χ0) is 24.6. The number of ether oxygens (including phenoxy) is 1. The zero-order valence-corrected chi connectivity index (χ0v) is 19.4. The summed E-state index contributed by atoms with van der Waals surface area (Å²) in [5.41, 5.74) is 1.21. The standard InChI is InChI=1S/C24H28FN5O4/c1-14(2)20(26)19-18(30-10-8-24(9-11-30)13-29(3)23(33)34-24)12-17(22(31)32)28-21(19)27-16-6-4-15(25)5-7-16/h4-7,12,14,26H,8-11,13H2,1-3H3,(H,27,28)(H,31,32). The van der Waals surface area contributed by atoms with Crippen molar-refractivity contribution in [3.05, 3.63) is 47.4 Å². The molecule has 3 N–H and O–H groups in total. The molecule has 1 amide bonds. The van der Waals surface area contributed by atoms with Gasteiger partial charge in [0.15, 0.2) is 5.69 Å². The summed E-state index contributed by atoms with van der Waals surface area (Å²) in [6.07, 6.45) is 0.838. The maximum atomic E-state index is 13.4. The number of pyridine rings is 1. The van der Waals surface area contributed by atoms with E-state index >= 15 is 0 Å². The third-order valence-corrected chi connectivity index (χ3v) is 6.33. The predicted octanol–water partition coefficient (Wildman–Crippen LogP) is 4.11. The molecule has 34 heavy (non-hydrogen) atoms. The summed E-state index contributed by atoms with van der Waals surface area (Å²) in [5, 5.41) is 21.6. The van der Waals surface area contributed by atoms with Crippen molar-refractivity contribution >= 4 is 35.0 Å². The van der Waals surface area contributed by atoms with Gasteiger partial charge in [-0.2, -0.15) is 0 Å². The molecular formula is C24H28FN5O4. The summed E-state index contributed by atoms with van der Waals surface area (Å²) < 4.78 is 19.0. The van der Waals surface area contributed by atoms with E-state index in [4.69, 9.17) is 10.1 Å². The number of carbonyl (C=O) groups is 2. The van der Waals surface area contributed by atoms with E-state index in [0.29, 0.717) is 55.1 Å². The van der Waals surface area contributed by atoms with Crippen LogP contribution in [0.2, 0.25) is 0 Å². The molecule has 0 bridgehead atoms. The van der Waals surface area contributed by atoms with Crippen molar-refractivity contribution in [3.63, 3.8) is 0 Å². The number of rotatable bonds is 6. The lowest BCUT2D eigenvalue weighted by Gasteiger charge is -2.39. The van der Waals surface area contributed by atoms with Gasteiger partial charge in [0, 0.05) is 44.4 Å². The van der Waals surface area contributed by atoms with Crippen molar-refractivity contribution in [2.75, 3.05) is 36.9 Å². The number of carboxylic acids is 1. The number of hydrogen-bond acceptors (Lipinski definition) is 7. The van der Waals surface area contributed by atoms with Gasteiger partial charge >= 0.3 is 12.1 Å². The molecule has 0 atom stereocenters. The smallest absolute Gasteiger partial charge is 0.410 e. The first-order chi connectivity index (χ1) is 16.1. The molecule has 1 aromatic heterocycles. The second-order valence-corrected chi connectivity index (χ2v) is 9.15. The van der Waals surface area contributed by atoms with Crippen molar-refractivity contribution in [2.45, 2.75) is 32.3 Å². The minimum atomic E-state index is -1.19. The van der Waals surface area contributed by atoms with Crippen molar-refractivity contribution in [3.8, 4) is 0 Å². The fourth-order valence-electron chi connectivity index (χ4n) is 4.41. The van der Waals surface area contributed by atoms with E-state index < -0.39 is 17.4 Å². The maximum absolute atomic E-state index is 13.4. The molecule has 1 aromatic carbocycles. The van der Waals surface area contributed by atoms with Crippen LogP contribution in [0.15, 0.2) is 30.3 Å². The number of likely N-dealkylation sites (N-methyl/N-ethyl adjacent to an activating group) is 1. The summed E-state index contributed by atoms with van der Waals surface area (Å²) in [4.78, 5) is 31.7. The van der Waals surface area contributed by atoms with Crippen molar-refractivity contribution in [1.82, 2.24) is 9.88 Å². The quantitative estimate of drug-likeness (QED) is 0.545. The minimum absolute atomic E-state index is 0.148. The number of nitrogens with one attached hydrogen (secondary N) is 2. The highest BCUT2D eigenvalue weighted by Gasteiger charge is 2.46. The fraction of sp³-hybridized carbons (Fsp3) is 0.417. The van der Waals surface area contributed by atoms with Crippen LogP contribution in [-0.4, -0.2) is 65.0 Å². The van der Waals surface area contributed by atoms with Crippen molar-refractivity contribution in [1.29, 1.82) is 5.41 Å². The van der Waals surface area contributed by atoms with E-state index in [1.165, 1.54) is 30.3 Å². The van der Waals surface area contributed by atoms with Crippen LogP contribution in [0.1, 0.15) is 42.7 Å². The number of carboxylic acid groups (broad SMARTS) is 1. The molecule has 180 valence electrons. The van der Waals surface area contributed by atoms with E-state index in [1.807, 2.05) is 18.7 Å². The summed E-state index contributed by atoms with van der Waals surface area (Å²) in [6.45, 7) is 5.34. The van der Waals surface area contributed by atoms with Crippen LogP contribution < -0.4 is 10.2 Å². The average molecular weight is 470 g/mol. The molecule has 10 heteroatoms. The first kappa shape index (κ1) is 23.5. The van der Waals surface area contributed by atoms with Crippen LogP contribution in [0.25, 0.3) is 0 Å². The van der Waals surface area contributed by atoms with Gasteiger partial charge in [-0.3, -0.25) is 0 Å². The number of nitrogens with zero attached hydrogens (tertiary/aromatic N) is 3. The lowest BCUT2D eigenvalue weighted by molar-refractivity contribution is 0.0366. The maximum Gasteiger partial charge on any atom is 0.410 e. The Balaban J connectivity index is 1.74. The Hall–Kier alpha value is -3.69. The molecule has 2 saturated heterocycles. The number of benzene rings is 1. The molecule has 9 nitrogen and oxygen atoms in total. The number of aromatic nitrogens is 1. The van der Waals surface area contributed by atoms with Crippen molar-refractivity contribution < 1.29 is 23.8 Å². The number of piperidine rings is 1. The van der Waals surface area contributed by atoms with Gasteiger partial charge in [0.1, 0.15) is 17.2 Å². The highest BCUT2D eigenvalue weighted by Crippen LogP contribution is 2.38. The van der Waals surface area contributed by atoms with Gasteiger partial charge in [0.05, 0.1) is 17.8 Å². The molecule has 2 aromatic rings. The molecular weight excluding hydrogens is 441 g/mol. The topological polar surface area (TPSA) is 119 Å². The van der Waals surface area contributed by atoms with Gasteiger partial charge in [-0.05, 0) is 36.2 Å². The van der Waals surface area contributed by atoms with E-state index in [9.17, 15) is 19.1 Å². The lowest BCUT2D eigenvalue weighted by Crippen LogP contribution is -2.47. The molecule has 1 spiro atoms. The van der Waals surface area contributed by atoms with Crippen LogP contribution in [0.4, 0.5) is 26.4 Å². The Morgan fingerprint density at radius 3 is 2.44 bits per heavy atom. The van der Waals surface area contributed by atoms with Gasteiger partial charge in [0.25, 0.3) is 0 Å². The molecule has 2 fully saturated rings. The lowest BCUT2D eigenvalue weighted by atomic mass is 9.90. The van der Waals surface area contributed by atoms with Gasteiger partial charge in [-0.25, -0.2) is 19.0 Å².